The van der Waals surface area contributed by atoms with Gasteiger partial charge < -0.3 is 15.5 Å². The highest BCUT2D eigenvalue weighted by Gasteiger charge is 2.16. The maximum atomic E-state index is 9.87. The molecule has 0 atom stereocenters. The molecule has 2 rings (SSSR count). The normalized spacial score (nSPS) is 12.0. The van der Waals surface area contributed by atoms with Gasteiger partial charge in [-0.2, -0.15) is 10.4 Å². The number of phenolic OH excluding ortho intramolecular Hbond substituents is 1. The standard InChI is InChI=1S/C18H19ClN6O2/c1-21-4-2-17(23-12-22-5-7-26)16-11-25(6-3-20)24-18(16)13-8-14(19)10-15(27)9-13/h2,4,8-12,26-27H,5-7H2,1H3,(H,22,23)/b17-2-,21-4?. The topological polar surface area (TPSA) is 119 Å². The lowest BCUT2D eigenvalue weighted by molar-refractivity contribution is 0.307. The maximum Gasteiger partial charge on any atom is 0.128 e. The van der Waals surface area contributed by atoms with Crippen LogP contribution in [0.5, 0.6) is 5.75 Å². The largest absolute Gasteiger partial charge is 0.508 e. The van der Waals surface area contributed by atoms with Crippen molar-refractivity contribution in [2.24, 2.45) is 9.98 Å². The van der Waals surface area contributed by atoms with Crippen molar-refractivity contribution in [3.63, 3.8) is 0 Å². The van der Waals surface area contributed by atoms with E-state index in [-0.39, 0.29) is 25.4 Å². The Bertz CT molecular complexity index is 891. The van der Waals surface area contributed by atoms with Crippen molar-refractivity contribution in [3.05, 3.63) is 41.1 Å². The summed E-state index contributed by atoms with van der Waals surface area (Å²) in [5.41, 5.74) is 2.42. The molecule has 9 heteroatoms. The number of aromatic nitrogens is 2. The van der Waals surface area contributed by atoms with Crippen molar-refractivity contribution in [2.45, 2.75) is 6.54 Å². The smallest absolute Gasteiger partial charge is 0.128 e. The first kappa shape index (κ1) is 20.2. The lowest BCUT2D eigenvalue weighted by Gasteiger charge is -2.08. The van der Waals surface area contributed by atoms with Gasteiger partial charge in [-0.1, -0.05) is 11.6 Å². The van der Waals surface area contributed by atoms with E-state index in [9.17, 15) is 5.11 Å². The predicted octanol–water partition coefficient (Wildman–Crippen LogP) is 2.08. The van der Waals surface area contributed by atoms with Crippen LogP contribution in [0.4, 0.5) is 0 Å². The van der Waals surface area contributed by atoms with Gasteiger partial charge in [-0.25, -0.2) is 0 Å². The van der Waals surface area contributed by atoms with Gasteiger partial charge in [-0.15, -0.1) is 0 Å². The first-order valence-corrected chi connectivity index (χ1v) is 8.39. The molecule has 1 heterocycles. The fourth-order valence-electron chi connectivity index (χ4n) is 2.30. The van der Waals surface area contributed by atoms with Crippen molar-refractivity contribution in [1.29, 1.82) is 5.26 Å². The summed E-state index contributed by atoms with van der Waals surface area (Å²) in [6, 6.07) is 6.69. The number of aliphatic hydroxyl groups is 1. The molecule has 0 aliphatic heterocycles. The zero-order valence-corrected chi connectivity index (χ0v) is 15.4. The highest BCUT2D eigenvalue weighted by atomic mass is 35.5. The third-order valence-corrected chi connectivity index (χ3v) is 3.59. The Balaban J connectivity index is 2.55. The first-order chi connectivity index (χ1) is 13.1. The van der Waals surface area contributed by atoms with Gasteiger partial charge in [0.05, 0.1) is 31.3 Å². The third-order valence-electron chi connectivity index (χ3n) is 3.37. The molecule has 0 saturated heterocycles. The average Bonchev–Trinajstić information content (AvgIpc) is 3.04. The monoisotopic (exact) mass is 386 g/mol. The van der Waals surface area contributed by atoms with Crippen molar-refractivity contribution >= 4 is 29.9 Å². The summed E-state index contributed by atoms with van der Waals surface area (Å²) in [4.78, 5) is 7.98. The number of aliphatic hydroxyl groups excluding tert-OH is 1. The SMILES string of the molecule is CN=C/C=C(\NC=NCCO)c1cn(CC#N)nc1-c1cc(O)cc(Cl)c1. The molecular weight excluding hydrogens is 368 g/mol. The Kier molecular flexibility index (Phi) is 7.55. The number of aromatic hydroxyl groups is 1. The fraction of sp³-hybridized carbons (Fsp3) is 0.222. The summed E-state index contributed by atoms with van der Waals surface area (Å²) in [6.07, 6.45) is 6.50. The van der Waals surface area contributed by atoms with Crippen LogP contribution in [0.3, 0.4) is 0 Å². The molecule has 0 aliphatic carbocycles. The number of benzene rings is 1. The van der Waals surface area contributed by atoms with Crippen LogP contribution in [-0.4, -0.2) is 52.7 Å². The van der Waals surface area contributed by atoms with Crippen LogP contribution in [0.1, 0.15) is 5.56 Å². The van der Waals surface area contributed by atoms with Crippen molar-refractivity contribution in [1.82, 2.24) is 15.1 Å². The molecule has 0 aliphatic rings. The zero-order chi connectivity index (χ0) is 19.6. The Morgan fingerprint density at radius 1 is 1.44 bits per heavy atom. The highest BCUT2D eigenvalue weighted by Crippen LogP contribution is 2.31. The van der Waals surface area contributed by atoms with Crippen LogP contribution >= 0.6 is 11.6 Å². The van der Waals surface area contributed by atoms with Gasteiger partial charge in [0.2, 0.25) is 0 Å². The van der Waals surface area contributed by atoms with E-state index in [2.05, 4.69) is 20.4 Å². The number of hydrogen-bond acceptors (Lipinski definition) is 6. The predicted molar refractivity (Wildman–Crippen MR) is 106 cm³/mol. The van der Waals surface area contributed by atoms with Gasteiger partial charge in [0.15, 0.2) is 0 Å². The summed E-state index contributed by atoms with van der Waals surface area (Å²) in [6.45, 7) is 0.277. The molecule has 27 heavy (non-hydrogen) atoms. The summed E-state index contributed by atoms with van der Waals surface area (Å²) in [5, 5.41) is 35.5. The van der Waals surface area contributed by atoms with Crippen LogP contribution in [-0.2, 0) is 6.54 Å². The van der Waals surface area contributed by atoms with E-state index in [1.807, 2.05) is 6.07 Å². The first-order valence-electron chi connectivity index (χ1n) is 8.02. The number of nitriles is 1. The molecule has 0 bridgehead atoms. The number of nitrogens with zero attached hydrogens (tertiary/aromatic N) is 5. The Labute approximate surface area is 161 Å². The number of rotatable bonds is 8. The second-order valence-electron chi connectivity index (χ2n) is 5.34. The fourth-order valence-corrected chi connectivity index (χ4v) is 2.53. The molecule has 3 N–H and O–H groups in total. The molecule has 0 radical (unpaired) electrons. The van der Waals surface area contributed by atoms with Crippen LogP contribution < -0.4 is 5.32 Å². The number of halogens is 1. The summed E-state index contributed by atoms with van der Waals surface area (Å²) in [7, 11) is 1.64. The van der Waals surface area contributed by atoms with Gasteiger partial charge in [0, 0.05) is 35.6 Å². The van der Waals surface area contributed by atoms with Crippen molar-refractivity contribution in [3.8, 4) is 23.1 Å². The van der Waals surface area contributed by atoms with Crippen LogP contribution in [0.2, 0.25) is 5.02 Å². The minimum absolute atomic E-state index is 0.0106. The van der Waals surface area contributed by atoms with Gasteiger partial charge >= 0.3 is 0 Å². The van der Waals surface area contributed by atoms with Crippen LogP contribution in [0.15, 0.2) is 40.5 Å². The number of aliphatic imine (C=N–C) groups is 2. The van der Waals surface area contributed by atoms with Gasteiger partial charge in [0.1, 0.15) is 18.0 Å². The molecular formula is C18H19ClN6O2. The second kappa shape index (κ2) is 10.1. The third kappa shape index (κ3) is 5.67. The van der Waals surface area contributed by atoms with E-state index in [1.54, 1.807) is 37.7 Å². The van der Waals surface area contributed by atoms with Crippen molar-refractivity contribution in [2.75, 3.05) is 20.2 Å². The molecule has 0 unspecified atom stereocenters. The lowest BCUT2D eigenvalue weighted by atomic mass is 10.1. The molecule has 1 aromatic heterocycles. The average molecular weight is 387 g/mol. The van der Waals surface area contributed by atoms with E-state index in [0.29, 0.717) is 27.5 Å². The van der Waals surface area contributed by atoms with E-state index < -0.39 is 0 Å². The molecule has 0 spiro atoms. The molecule has 0 amide bonds. The Morgan fingerprint density at radius 2 is 2.26 bits per heavy atom. The summed E-state index contributed by atoms with van der Waals surface area (Å²) >= 11 is 6.06. The molecule has 8 nitrogen and oxygen atoms in total. The molecule has 1 aromatic carbocycles. The molecule has 0 saturated carbocycles. The Morgan fingerprint density at radius 3 is 2.93 bits per heavy atom. The number of hydrogen-bond donors (Lipinski definition) is 3. The van der Waals surface area contributed by atoms with Crippen LogP contribution in [0.25, 0.3) is 17.0 Å². The minimum Gasteiger partial charge on any atom is -0.508 e. The lowest BCUT2D eigenvalue weighted by Crippen LogP contribution is -2.11. The summed E-state index contributed by atoms with van der Waals surface area (Å²) < 4.78 is 1.49. The minimum atomic E-state index is -0.0548. The summed E-state index contributed by atoms with van der Waals surface area (Å²) in [5.74, 6) is 0.0106. The number of phenols is 1. The second-order valence-corrected chi connectivity index (χ2v) is 5.77. The number of nitrogens with one attached hydrogen (secondary N) is 1. The van der Waals surface area contributed by atoms with Gasteiger partial charge in [-0.3, -0.25) is 14.7 Å². The highest BCUT2D eigenvalue weighted by molar-refractivity contribution is 6.31. The molecule has 2 aromatic rings. The van der Waals surface area contributed by atoms with Gasteiger partial charge in [-0.05, 0) is 24.3 Å². The van der Waals surface area contributed by atoms with Crippen molar-refractivity contribution < 1.29 is 10.2 Å². The zero-order valence-electron chi connectivity index (χ0n) is 14.7. The maximum absolute atomic E-state index is 9.87. The number of allylic oxidation sites excluding steroid dienone is 1. The molecule has 0 fully saturated rings. The van der Waals surface area contributed by atoms with Gasteiger partial charge in [0.25, 0.3) is 0 Å². The quantitative estimate of drug-likeness (QED) is 0.474. The molecule has 140 valence electrons. The van der Waals surface area contributed by atoms with E-state index in [4.69, 9.17) is 22.0 Å². The van der Waals surface area contributed by atoms with Crippen LogP contribution in [0, 0.1) is 11.3 Å². The Hall–Kier alpha value is -3.15. The van der Waals surface area contributed by atoms with E-state index in [1.165, 1.54) is 17.1 Å². The van der Waals surface area contributed by atoms with E-state index >= 15 is 0 Å². The van der Waals surface area contributed by atoms with E-state index in [0.717, 1.165) is 0 Å².